The molecule has 0 aliphatic carbocycles. The smallest absolute Gasteiger partial charge is 0.253 e. The molecular weight excluding hydrogens is 262 g/mol. The number of nitrogens with one attached hydrogen (secondary N) is 1. The summed E-state index contributed by atoms with van der Waals surface area (Å²) in [6.07, 6.45) is 8.20. The molecule has 0 saturated carbocycles. The monoisotopic (exact) mass is 285 g/mol. The lowest BCUT2D eigenvalue weighted by molar-refractivity contribution is 0.0940. The molecule has 2 rings (SSSR count). The van der Waals surface area contributed by atoms with E-state index in [9.17, 15) is 4.79 Å². The van der Waals surface area contributed by atoms with E-state index in [1.165, 1.54) is 0 Å². The number of rotatable bonds is 4. The molecular formula is C17H23N3O. The molecule has 0 aliphatic heterocycles. The van der Waals surface area contributed by atoms with Crippen LogP contribution in [0.1, 0.15) is 43.6 Å². The van der Waals surface area contributed by atoms with E-state index in [2.05, 4.69) is 31.1 Å². The normalized spacial score (nSPS) is 13.0. The van der Waals surface area contributed by atoms with Gasteiger partial charge in [-0.05, 0) is 51.8 Å². The minimum atomic E-state index is -0.0330. The second-order valence-electron chi connectivity index (χ2n) is 6.42. The fourth-order valence-electron chi connectivity index (χ4n) is 2.18. The molecule has 0 bridgehead atoms. The van der Waals surface area contributed by atoms with Crippen molar-refractivity contribution in [2.75, 3.05) is 0 Å². The molecule has 0 saturated heterocycles. The zero-order valence-electron chi connectivity index (χ0n) is 13.1. The molecule has 0 unspecified atom stereocenters. The lowest BCUT2D eigenvalue weighted by Gasteiger charge is -2.20. The summed E-state index contributed by atoms with van der Waals surface area (Å²) in [5.74, 6) is -0.0330. The van der Waals surface area contributed by atoms with Crippen LogP contribution in [0.3, 0.4) is 0 Å². The van der Waals surface area contributed by atoms with Gasteiger partial charge in [0.05, 0.1) is 5.56 Å². The van der Waals surface area contributed by atoms with Gasteiger partial charge in [-0.15, -0.1) is 0 Å². The first-order valence-corrected chi connectivity index (χ1v) is 7.24. The molecule has 112 valence electrons. The van der Waals surface area contributed by atoms with Crippen molar-refractivity contribution in [3.63, 3.8) is 0 Å². The summed E-state index contributed by atoms with van der Waals surface area (Å²) in [4.78, 5) is 16.3. The molecule has 0 spiro atoms. The average Bonchev–Trinajstić information content (AvgIpc) is 2.89. The van der Waals surface area contributed by atoms with Crippen LogP contribution < -0.4 is 5.32 Å². The Balaban J connectivity index is 1.96. The van der Waals surface area contributed by atoms with Gasteiger partial charge in [0, 0.05) is 36.4 Å². The van der Waals surface area contributed by atoms with Crippen LogP contribution in [0.5, 0.6) is 0 Å². The first-order chi connectivity index (χ1) is 9.86. The Hall–Kier alpha value is -2.10. The fraction of sp³-hybridized carbons (Fsp3) is 0.412. The molecule has 4 nitrogen and oxygen atoms in total. The van der Waals surface area contributed by atoms with Crippen LogP contribution in [0.2, 0.25) is 0 Å². The fourth-order valence-corrected chi connectivity index (χ4v) is 2.18. The topological polar surface area (TPSA) is 46.9 Å². The van der Waals surface area contributed by atoms with Crippen LogP contribution in [-0.2, 0) is 12.0 Å². The third-order valence-electron chi connectivity index (χ3n) is 3.37. The Morgan fingerprint density at radius 1 is 1.38 bits per heavy atom. The molecule has 2 aromatic rings. The van der Waals surface area contributed by atoms with Crippen LogP contribution in [-0.4, -0.2) is 21.5 Å². The van der Waals surface area contributed by atoms with E-state index in [4.69, 9.17) is 0 Å². The maximum Gasteiger partial charge on any atom is 0.253 e. The maximum atomic E-state index is 12.2. The highest BCUT2D eigenvalue weighted by Crippen LogP contribution is 2.15. The maximum absolute atomic E-state index is 12.2. The van der Waals surface area contributed by atoms with E-state index in [1.54, 1.807) is 6.20 Å². The number of nitrogens with zero attached hydrogens (tertiary/aromatic N) is 2. The molecule has 1 atom stereocenters. The highest BCUT2D eigenvalue weighted by Gasteiger charge is 2.16. The standard InChI is InChI=1S/C17H23N3O/c1-13(10-14-6-5-8-18-11-14)19-16(21)15-7-9-20(12-15)17(2,3)4/h5-9,11-13H,10H2,1-4H3,(H,19,21)/t13-/m1/s1. The zero-order chi connectivity index (χ0) is 15.5. The average molecular weight is 285 g/mol. The van der Waals surface area contributed by atoms with Crippen LogP contribution in [0.4, 0.5) is 0 Å². The van der Waals surface area contributed by atoms with Crippen molar-refractivity contribution >= 4 is 5.91 Å². The highest BCUT2D eigenvalue weighted by atomic mass is 16.1. The van der Waals surface area contributed by atoms with E-state index in [0.717, 1.165) is 12.0 Å². The Morgan fingerprint density at radius 2 is 2.14 bits per heavy atom. The van der Waals surface area contributed by atoms with Crippen molar-refractivity contribution in [2.24, 2.45) is 0 Å². The highest BCUT2D eigenvalue weighted by molar-refractivity contribution is 5.94. The van der Waals surface area contributed by atoms with Gasteiger partial charge in [-0.25, -0.2) is 0 Å². The van der Waals surface area contributed by atoms with Crippen LogP contribution >= 0.6 is 0 Å². The molecule has 2 aromatic heterocycles. The van der Waals surface area contributed by atoms with Gasteiger partial charge in [-0.2, -0.15) is 0 Å². The molecule has 0 aromatic carbocycles. The zero-order valence-corrected chi connectivity index (χ0v) is 13.1. The Labute approximate surface area is 126 Å². The summed E-state index contributed by atoms with van der Waals surface area (Å²) in [7, 11) is 0. The second-order valence-corrected chi connectivity index (χ2v) is 6.42. The van der Waals surface area contributed by atoms with E-state index >= 15 is 0 Å². The number of amides is 1. The number of carbonyl (C=O) groups is 1. The minimum absolute atomic E-state index is 0.0140. The molecule has 0 aliphatic rings. The third-order valence-corrected chi connectivity index (χ3v) is 3.37. The minimum Gasteiger partial charge on any atom is -0.349 e. The predicted octanol–water partition coefficient (Wildman–Crippen LogP) is 3.00. The molecule has 0 fully saturated rings. The largest absolute Gasteiger partial charge is 0.349 e. The SMILES string of the molecule is C[C@H](Cc1cccnc1)NC(=O)c1ccn(C(C)(C)C)c1. The summed E-state index contributed by atoms with van der Waals surface area (Å²) in [6.45, 7) is 8.34. The lowest BCUT2D eigenvalue weighted by Crippen LogP contribution is -2.34. The van der Waals surface area contributed by atoms with Gasteiger partial charge in [-0.1, -0.05) is 6.07 Å². The van der Waals surface area contributed by atoms with Crippen molar-refractivity contribution in [1.82, 2.24) is 14.9 Å². The Morgan fingerprint density at radius 3 is 2.71 bits per heavy atom. The Bertz CT molecular complexity index is 596. The molecule has 1 N–H and O–H groups in total. The van der Waals surface area contributed by atoms with Gasteiger partial charge in [0.15, 0.2) is 0 Å². The van der Waals surface area contributed by atoms with E-state index in [0.29, 0.717) is 5.56 Å². The molecule has 4 heteroatoms. The van der Waals surface area contributed by atoms with Crippen molar-refractivity contribution in [2.45, 2.75) is 45.7 Å². The second kappa shape index (κ2) is 6.12. The number of pyridine rings is 1. The van der Waals surface area contributed by atoms with Crippen LogP contribution in [0, 0.1) is 0 Å². The van der Waals surface area contributed by atoms with Gasteiger partial charge in [0.2, 0.25) is 0 Å². The van der Waals surface area contributed by atoms with E-state index in [1.807, 2.05) is 48.3 Å². The van der Waals surface area contributed by atoms with E-state index < -0.39 is 0 Å². The molecule has 2 heterocycles. The van der Waals surface area contributed by atoms with Crippen molar-refractivity contribution in [3.8, 4) is 0 Å². The quantitative estimate of drug-likeness (QED) is 0.938. The summed E-state index contributed by atoms with van der Waals surface area (Å²) < 4.78 is 2.05. The summed E-state index contributed by atoms with van der Waals surface area (Å²) in [6, 6.07) is 5.86. The lowest BCUT2D eigenvalue weighted by atomic mass is 10.1. The molecule has 21 heavy (non-hydrogen) atoms. The summed E-state index contributed by atoms with van der Waals surface area (Å²) in [5.41, 5.74) is 1.81. The van der Waals surface area contributed by atoms with Gasteiger partial charge in [0.1, 0.15) is 0 Å². The van der Waals surface area contributed by atoms with E-state index in [-0.39, 0.29) is 17.5 Å². The first kappa shape index (κ1) is 15.3. The van der Waals surface area contributed by atoms with Crippen molar-refractivity contribution in [3.05, 3.63) is 54.1 Å². The van der Waals surface area contributed by atoms with Crippen molar-refractivity contribution < 1.29 is 4.79 Å². The molecule has 0 radical (unpaired) electrons. The van der Waals surface area contributed by atoms with Gasteiger partial charge >= 0.3 is 0 Å². The van der Waals surface area contributed by atoms with Crippen molar-refractivity contribution in [1.29, 1.82) is 0 Å². The van der Waals surface area contributed by atoms with Crippen LogP contribution in [0.15, 0.2) is 43.0 Å². The molecule has 1 amide bonds. The number of aromatic nitrogens is 2. The first-order valence-electron chi connectivity index (χ1n) is 7.24. The number of carbonyl (C=O) groups excluding carboxylic acids is 1. The Kier molecular flexibility index (Phi) is 4.46. The number of hydrogen-bond acceptors (Lipinski definition) is 2. The van der Waals surface area contributed by atoms with Gasteiger partial charge in [0.25, 0.3) is 5.91 Å². The number of hydrogen-bond donors (Lipinski definition) is 1. The summed E-state index contributed by atoms with van der Waals surface area (Å²) in [5, 5.41) is 3.03. The third kappa shape index (κ3) is 4.18. The van der Waals surface area contributed by atoms with Gasteiger partial charge < -0.3 is 9.88 Å². The summed E-state index contributed by atoms with van der Waals surface area (Å²) >= 11 is 0. The predicted molar refractivity (Wildman–Crippen MR) is 84.3 cm³/mol. The van der Waals surface area contributed by atoms with Crippen LogP contribution in [0.25, 0.3) is 0 Å². The van der Waals surface area contributed by atoms with Gasteiger partial charge in [-0.3, -0.25) is 9.78 Å².